The van der Waals surface area contributed by atoms with Gasteiger partial charge in [0, 0.05) is 5.75 Å². The molecule has 0 fully saturated rings. The third kappa shape index (κ3) is 14.3. The molecule has 0 aliphatic carbocycles. The van der Waals surface area contributed by atoms with Crippen LogP contribution in [-0.2, 0) is 0 Å². The predicted octanol–water partition coefficient (Wildman–Crippen LogP) is 3.14. The Morgan fingerprint density at radius 1 is 1.00 bits per heavy atom. The van der Waals surface area contributed by atoms with Crippen molar-refractivity contribution in [2.45, 2.75) is 64.5 Å². The summed E-state index contributed by atoms with van der Waals surface area (Å²) in [5.41, 5.74) is 5.24. The minimum absolute atomic E-state index is 0.635. The van der Waals surface area contributed by atoms with Crippen LogP contribution < -0.4 is 5.73 Å². The van der Waals surface area contributed by atoms with E-state index in [4.69, 9.17) is 10.8 Å². The van der Waals surface area contributed by atoms with Crippen LogP contribution in [0.15, 0.2) is 0 Å². The van der Waals surface area contributed by atoms with Gasteiger partial charge in [-0.1, -0.05) is 51.9 Å². The summed E-state index contributed by atoms with van der Waals surface area (Å²) in [6.45, 7) is 2.25. The molecule has 0 heterocycles. The van der Waals surface area contributed by atoms with Crippen LogP contribution in [0.25, 0.3) is 0 Å². The first-order valence-electron chi connectivity index (χ1n) is 6.28. The number of nitrogens with two attached hydrogens (primary N) is 1. The smallest absolute Gasteiger partial charge is 0.111 e. The Hall–Kier alpha value is 0.270. The normalized spacial score (nSPS) is 13.0. The average Bonchev–Trinajstić information content (AvgIpc) is 2.20. The number of aliphatic hydroxyl groups is 1. The first kappa shape index (κ1) is 15.3. The topological polar surface area (TPSA) is 46.2 Å². The summed E-state index contributed by atoms with van der Waals surface area (Å²) in [4.78, 5) is 0. The van der Waals surface area contributed by atoms with Crippen molar-refractivity contribution < 1.29 is 5.11 Å². The Kier molecular flexibility index (Phi) is 12.6. The zero-order valence-electron chi connectivity index (χ0n) is 10.1. The summed E-state index contributed by atoms with van der Waals surface area (Å²) in [7, 11) is 0. The Morgan fingerprint density at radius 2 is 1.53 bits per heavy atom. The van der Waals surface area contributed by atoms with Crippen LogP contribution in [0, 0.1) is 0 Å². The third-order valence-electron chi connectivity index (χ3n) is 2.43. The Labute approximate surface area is 99.0 Å². The van der Waals surface area contributed by atoms with Gasteiger partial charge in [0.25, 0.3) is 0 Å². The van der Waals surface area contributed by atoms with E-state index >= 15 is 0 Å². The highest BCUT2D eigenvalue weighted by atomic mass is 32.2. The molecular formula is C12H27NOS. The maximum Gasteiger partial charge on any atom is 0.111 e. The predicted molar refractivity (Wildman–Crippen MR) is 70.1 cm³/mol. The number of rotatable bonds is 11. The lowest BCUT2D eigenvalue weighted by molar-refractivity contribution is 0.208. The summed E-state index contributed by atoms with van der Waals surface area (Å²) >= 11 is 1.76. The van der Waals surface area contributed by atoms with Gasteiger partial charge in [0.2, 0.25) is 0 Å². The molecule has 3 N–H and O–H groups in total. The Morgan fingerprint density at radius 3 is 2.07 bits per heavy atom. The van der Waals surface area contributed by atoms with Crippen molar-refractivity contribution >= 4 is 11.8 Å². The number of unbranched alkanes of at least 4 members (excludes halogenated alkanes) is 7. The fourth-order valence-electron chi connectivity index (χ4n) is 1.54. The second-order valence-corrected chi connectivity index (χ2v) is 5.27. The molecule has 0 aromatic carbocycles. The molecule has 0 rings (SSSR count). The van der Waals surface area contributed by atoms with Gasteiger partial charge in [-0.15, -0.1) is 0 Å². The van der Waals surface area contributed by atoms with Crippen molar-refractivity contribution in [3.8, 4) is 0 Å². The monoisotopic (exact) mass is 233 g/mol. The SMILES string of the molecule is CCCCCCCCCCSCC(N)O. The molecule has 1 atom stereocenters. The molecule has 0 amide bonds. The molecule has 0 aliphatic rings. The molecule has 3 heteroatoms. The lowest BCUT2D eigenvalue weighted by Gasteiger charge is -2.04. The summed E-state index contributed by atoms with van der Waals surface area (Å²) in [6, 6.07) is 0. The fourth-order valence-corrected chi connectivity index (χ4v) is 2.36. The van der Waals surface area contributed by atoms with Gasteiger partial charge in [-0.3, -0.25) is 0 Å². The van der Waals surface area contributed by atoms with E-state index in [-0.39, 0.29) is 0 Å². The summed E-state index contributed by atoms with van der Waals surface area (Å²) in [5.74, 6) is 1.82. The van der Waals surface area contributed by atoms with Crippen LogP contribution in [0.1, 0.15) is 58.3 Å². The van der Waals surface area contributed by atoms with Gasteiger partial charge in [0.05, 0.1) is 0 Å². The Balaban J connectivity index is 2.87. The molecule has 2 nitrogen and oxygen atoms in total. The molecule has 0 saturated heterocycles. The van der Waals surface area contributed by atoms with E-state index in [9.17, 15) is 0 Å². The summed E-state index contributed by atoms with van der Waals surface area (Å²) in [5, 5.41) is 8.83. The molecule has 0 aliphatic heterocycles. The van der Waals surface area contributed by atoms with Crippen molar-refractivity contribution in [3.63, 3.8) is 0 Å². The van der Waals surface area contributed by atoms with Gasteiger partial charge in [0.1, 0.15) is 6.23 Å². The van der Waals surface area contributed by atoms with E-state index in [2.05, 4.69) is 6.92 Å². The lowest BCUT2D eigenvalue weighted by atomic mass is 10.1. The molecule has 92 valence electrons. The van der Waals surface area contributed by atoms with Crippen LogP contribution in [-0.4, -0.2) is 22.8 Å². The third-order valence-corrected chi connectivity index (χ3v) is 3.59. The largest absolute Gasteiger partial charge is 0.378 e. The molecule has 0 radical (unpaired) electrons. The maximum absolute atomic E-state index is 8.83. The standard InChI is InChI=1S/C12H27NOS/c1-2-3-4-5-6-7-8-9-10-15-11-12(13)14/h12,14H,2-11,13H2,1H3. The van der Waals surface area contributed by atoms with E-state index < -0.39 is 6.23 Å². The number of hydrogen-bond acceptors (Lipinski definition) is 3. The average molecular weight is 233 g/mol. The van der Waals surface area contributed by atoms with Crippen LogP contribution in [0.5, 0.6) is 0 Å². The highest BCUT2D eigenvalue weighted by Gasteiger charge is 1.96. The maximum atomic E-state index is 8.83. The molecule has 0 bridgehead atoms. The highest BCUT2D eigenvalue weighted by molar-refractivity contribution is 7.99. The molecule has 1 unspecified atom stereocenters. The van der Waals surface area contributed by atoms with Crippen LogP contribution in [0.3, 0.4) is 0 Å². The molecule has 15 heavy (non-hydrogen) atoms. The van der Waals surface area contributed by atoms with Crippen LogP contribution in [0.4, 0.5) is 0 Å². The molecular weight excluding hydrogens is 206 g/mol. The quantitative estimate of drug-likeness (QED) is 0.426. The molecule has 0 aromatic rings. The van der Waals surface area contributed by atoms with Gasteiger partial charge >= 0.3 is 0 Å². The lowest BCUT2D eigenvalue weighted by Crippen LogP contribution is -2.21. The van der Waals surface area contributed by atoms with Crippen LogP contribution in [0.2, 0.25) is 0 Å². The first-order chi connectivity index (χ1) is 7.27. The van der Waals surface area contributed by atoms with Gasteiger partial charge < -0.3 is 10.8 Å². The van der Waals surface area contributed by atoms with Gasteiger partial charge in [-0.25, -0.2) is 0 Å². The van der Waals surface area contributed by atoms with Crippen molar-refractivity contribution in [3.05, 3.63) is 0 Å². The van der Waals surface area contributed by atoms with Crippen molar-refractivity contribution in [2.75, 3.05) is 11.5 Å². The van der Waals surface area contributed by atoms with Gasteiger partial charge in [0.15, 0.2) is 0 Å². The van der Waals surface area contributed by atoms with Gasteiger partial charge in [-0.2, -0.15) is 11.8 Å². The molecule has 0 aromatic heterocycles. The zero-order valence-corrected chi connectivity index (χ0v) is 10.9. The van der Waals surface area contributed by atoms with Gasteiger partial charge in [-0.05, 0) is 12.2 Å². The van der Waals surface area contributed by atoms with E-state index in [1.54, 1.807) is 11.8 Å². The van der Waals surface area contributed by atoms with Crippen LogP contribution >= 0.6 is 11.8 Å². The second kappa shape index (κ2) is 12.3. The molecule has 0 saturated carbocycles. The summed E-state index contributed by atoms with van der Waals surface area (Å²) in [6.07, 6.45) is 10.3. The van der Waals surface area contributed by atoms with E-state index in [1.807, 2.05) is 0 Å². The number of aliphatic hydroxyl groups excluding tert-OH is 1. The highest BCUT2D eigenvalue weighted by Crippen LogP contribution is 2.11. The molecule has 0 spiro atoms. The number of hydrogen-bond donors (Lipinski definition) is 2. The van der Waals surface area contributed by atoms with E-state index in [1.165, 1.54) is 51.4 Å². The van der Waals surface area contributed by atoms with Crippen molar-refractivity contribution in [2.24, 2.45) is 5.73 Å². The summed E-state index contributed by atoms with van der Waals surface area (Å²) < 4.78 is 0. The minimum Gasteiger partial charge on any atom is -0.378 e. The second-order valence-electron chi connectivity index (χ2n) is 4.12. The zero-order chi connectivity index (χ0) is 11.4. The number of thioether (sulfide) groups is 1. The first-order valence-corrected chi connectivity index (χ1v) is 7.44. The Bertz CT molecular complexity index is 120. The minimum atomic E-state index is -0.635. The van der Waals surface area contributed by atoms with Crippen molar-refractivity contribution in [1.82, 2.24) is 0 Å². The fraction of sp³-hybridized carbons (Fsp3) is 1.00. The van der Waals surface area contributed by atoms with Crippen molar-refractivity contribution in [1.29, 1.82) is 0 Å². The van der Waals surface area contributed by atoms with E-state index in [0.29, 0.717) is 5.75 Å². The van der Waals surface area contributed by atoms with E-state index in [0.717, 1.165) is 5.75 Å².